The van der Waals surface area contributed by atoms with Gasteiger partial charge in [0, 0.05) is 19.6 Å². The molecule has 4 aliphatic rings. The van der Waals surface area contributed by atoms with E-state index >= 15 is 0 Å². The summed E-state index contributed by atoms with van der Waals surface area (Å²) in [6.07, 6.45) is 6.78. The molecule has 4 aliphatic heterocycles. The molecule has 2 saturated heterocycles. The van der Waals surface area contributed by atoms with E-state index in [0.717, 1.165) is 18.5 Å². The van der Waals surface area contributed by atoms with Crippen molar-refractivity contribution < 1.29 is 14.3 Å². The van der Waals surface area contributed by atoms with E-state index in [1.807, 2.05) is 22.0 Å². The molecule has 4 heterocycles. The first-order valence-corrected chi connectivity index (χ1v) is 10.5. The molecule has 5 heteroatoms. The lowest BCUT2D eigenvalue weighted by Crippen LogP contribution is -2.47. The number of ether oxygens (including phenoxy) is 1. The van der Waals surface area contributed by atoms with Crippen molar-refractivity contribution in [2.45, 2.75) is 45.4 Å². The van der Waals surface area contributed by atoms with E-state index in [9.17, 15) is 9.59 Å². The maximum Gasteiger partial charge on any atom is 0.230 e. The second-order valence-electron chi connectivity index (χ2n) is 9.10. The third-order valence-corrected chi connectivity index (χ3v) is 7.16. The van der Waals surface area contributed by atoms with E-state index in [4.69, 9.17) is 4.74 Å². The van der Waals surface area contributed by atoms with Gasteiger partial charge in [0.15, 0.2) is 0 Å². The Morgan fingerprint density at radius 3 is 2.79 bits per heavy atom. The van der Waals surface area contributed by atoms with Crippen molar-refractivity contribution in [3.63, 3.8) is 0 Å². The van der Waals surface area contributed by atoms with Crippen molar-refractivity contribution >= 4 is 11.8 Å². The molecular formula is C24H28N2O3. The average molecular weight is 392 g/mol. The molecule has 1 aromatic carbocycles. The second kappa shape index (κ2) is 6.56. The quantitative estimate of drug-likeness (QED) is 0.744. The summed E-state index contributed by atoms with van der Waals surface area (Å²) in [5.41, 5.74) is 4.29. The van der Waals surface area contributed by atoms with E-state index in [1.165, 1.54) is 16.7 Å². The van der Waals surface area contributed by atoms with Gasteiger partial charge in [0.25, 0.3) is 0 Å². The average Bonchev–Trinajstić information content (AvgIpc) is 3.33. The summed E-state index contributed by atoms with van der Waals surface area (Å²) in [4.78, 5) is 30.5. The number of amides is 2. The van der Waals surface area contributed by atoms with Crippen LogP contribution < -0.4 is 0 Å². The van der Waals surface area contributed by atoms with Crippen molar-refractivity contribution in [2.75, 3.05) is 19.6 Å². The Morgan fingerprint density at radius 2 is 2.07 bits per heavy atom. The molecule has 0 saturated carbocycles. The number of aryl methyl sites for hydroxylation is 2. The van der Waals surface area contributed by atoms with Crippen molar-refractivity contribution in [1.29, 1.82) is 0 Å². The van der Waals surface area contributed by atoms with Gasteiger partial charge in [-0.2, -0.15) is 0 Å². The normalized spacial score (nSPS) is 32.7. The molecule has 2 amide bonds. The van der Waals surface area contributed by atoms with Gasteiger partial charge in [-0.1, -0.05) is 42.0 Å². The lowest BCUT2D eigenvalue weighted by atomic mass is 9.76. The largest absolute Gasteiger partial charge is 0.360 e. The zero-order chi connectivity index (χ0) is 20.3. The maximum absolute atomic E-state index is 13.4. The predicted molar refractivity (Wildman–Crippen MR) is 110 cm³/mol. The predicted octanol–water partition coefficient (Wildman–Crippen LogP) is 2.76. The molecule has 29 heavy (non-hydrogen) atoms. The van der Waals surface area contributed by atoms with Gasteiger partial charge in [-0.25, -0.2) is 0 Å². The van der Waals surface area contributed by atoms with Crippen LogP contribution in [0.2, 0.25) is 0 Å². The van der Waals surface area contributed by atoms with E-state index < -0.39 is 17.4 Å². The number of nitrogens with zero attached hydrogens (tertiary/aromatic N) is 2. The summed E-state index contributed by atoms with van der Waals surface area (Å²) in [7, 11) is 0. The lowest BCUT2D eigenvalue weighted by Gasteiger charge is -2.31. The number of benzene rings is 1. The molecule has 0 unspecified atom stereocenters. The number of hydrogen-bond donors (Lipinski definition) is 0. The third kappa shape index (κ3) is 2.86. The van der Waals surface area contributed by atoms with E-state index in [0.29, 0.717) is 19.6 Å². The minimum Gasteiger partial charge on any atom is -0.360 e. The van der Waals surface area contributed by atoms with E-state index in [1.54, 1.807) is 0 Å². The van der Waals surface area contributed by atoms with E-state index in [2.05, 4.69) is 45.0 Å². The van der Waals surface area contributed by atoms with Crippen LogP contribution in [0.3, 0.4) is 0 Å². The minimum atomic E-state index is -0.636. The highest BCUT2D eigenvalue weighted by molar-refractivity contribution is 5.93. The minimum absolute atomic E-state index is 0.0529. The maximum atomic E-state index is 13.4. The van der Waals surface area contributed by atoms with Gasteiger partial charge < -0.3 is 14.5 Å². The molecule has 2 bridgehead atoms. The molecule has 0 aromatic heterocycles. The highest BCUT2D eigenvalue weighted by Gasteiger charge is 2.67. The van der Waals surface area contributed by atoms with Gasteiger partial charge in [0.2, 0.25) is 11.8 Å². The number of fused-ring (bicyclic) bond motifs is 1. The Hall–Kier alpha value is -2.40. The highest BCUT2D eigenvalue weighted by atomic mass is 16.5. The van der Waals surface area contributed by atoms with Crippen molar-refractivity contribution in [3.8, 4) is 0 Å². The van der Waals surface area contributed by atoms with Crippen LogP contribution in [0, 0.1) is 25.7 Å². The molecule has 0 N–H and O–H groups in total. The van der Waals surface area contributed by atoms with Gasteiger partial charge in [0.05, 0.1) is 24.5 Å². The fraction of sp³-hybridized carbons (Fsp3) is 0.500. The van der Waals surface area contributed by atoms with Crippen LogP contribution in [0.15, 0.2) is 42.0 Å². The number of carbonyl (C=O) groups excluding carboxylic acids is 2. The second-order valence-corrected chi connectivity index (χ2v) is 9.10. The Labute approximate surface area is 172 Å². The number of carbonyl (C=O) groups is 2. The van der Waals surface area contributed by atoms with Crippen LogP contribution in [0.25, 0.3) is 0 Å². The van der Waals surface area contributed by atoms with Crippen molar-refractivity contribution in [2.24, 2.45) is 11.8 Å². The Bertz CT molecular complexity index is 949. The van der Waals surface area contributed by atoms with Gasteiger partial charge >= 0.3 is 0 Å². The first-order valence-electron chi connectivity index (χ1n) is 10.5. The summed E-state index contributed by atoms with van der Waals surface area (Å²) in [6.45, 7) is 8.74. The van der Waals surface area contributed by atoms with Crippen LogP contribution in [-0.4, -0.2) is 53.0 Å². The van der Waals surface area contributed by atoms with Crippen LogP contribution in [-0.2, 0) is 20.9 Å². The summed E-state index contributed by atoms with van der Waals surface area (Å²) >= 11 is 0. The first-order chi connectivity index (χ1) is 13.9. The molecular weight excluding hydrogens is 364 g/mol. The molecule has 152 valence electrons. The van der Waals surface area contributed by atoms with Crippen molar-refractivity contribution in [3.05, 3.63) is 58.7 Å². The summed E-state index contributed by atoms with van der Waals surface area (Å²) in [6, 6.07) is 6.33. The zero-order valence-corrected chi connectivity index (χ0v) is 17.4. The first kappa shape index (κ1) is 18.6. The van der Waals surface area contributed by atoms with Gasteiger partial charge in [0.1, 0.15) is 5.60 Å². The number of likely N-dealkylation sites (tertiary alicyclic amines) is 1. The molecule has 0 aliphatic carbocycles. The number of rotatable bonds is 3. The molecule has 2 fully saturated rings. The molecule has 4 atom stereocenters. The number of hydrogen-bond acceptors (Lipinski definition) is 3. The Balaban J connectivity index is 1.38. The summed E-state index contributed by atoms with van der Waals surface area (Å²) < 4.78 is 6.27. The molecule has 0 radical (unpaired) electrons. The van der Waals surface area contributed by atoms with Crippen LogP contribution in [0.1, 0.15) is 30.0 Å². The molecule has 1 aromatic rings. The van der Waals surface area contributed by atoms with E-state index in [-0.39, 0.29) is 17.9 Å². The topological polar surface area (TPSA) is 49.9 Å². The SMILES string of the molecule is CC1=CCN(C(=O)[C@H]2[C@@H]3C=C[C@@]4(CN(Cc5ccc(C)c(C)c5)C(=O)[C@H]24)O3)CC1. The summed E-state index contributed by atoms with van der Waals surface area (Å²) in [5.74, 6) is -0.680. The smallest absolute Gasteiger partial charge is 0.230 e. The summed E-state index contributed by atoms with van der Waals surface area (Å²) in [5, 5.41) is 0. The van der Waals surface area contributed by atoms with Gasteiger partial charge in [-0.3, -0.25) is 9.59 Å². The molecule has 5 nitrogen and oxygen atoms in total. The molecule has 1 spiro atoms. The van der Waals surface area contributed by atoms with Gasteiger partial charge in [-0.05, 0) is 43.9 Å². The zero-order valence-electron chi connectivity index (χ0n) is 17.4. The Kier molecular flexibility index (Phi) is 4.21. The fourth-order valence-electron chi connectivity index (χ4n) is 5.30. The van der Waals surface area contributed by atoms with Crippen LogP contribution in [0.5, 0.6) is 0 Å². The Morgan fingerprint density at radius 1 is 1.24 bits per heavy atom. The monoisotopic (exact) mass is 392 g/mol. The van der Waals surface area contributed by atoms with Crippen LogP contribution >= 0.6 is 0 Å². The highest BCUT2D eigenvalue weighted by Crippen LogP contribution is 2.52. The van der Waals surface area contributed by atoms with Gasteiger partial charge in [-0.15, -0.1) is 0 Å². The fourth-order valence-corrected chi connectivity index (χ4v) is 5.30. The van der Waals surface area contributed by atoms with Crippen molar-refractivity contribution in [1.82, 2.24) is 9.80 Å². The standard InChI is InChI=1S/C24H28N2O3/c1-15-7-10-25(11-8-15)22(27)20-19-6-9-24(29-19)14-26(23(28)21(20)24)13-18-5-4-16(2)17(3)12-18/h4-7,9,12,19-21H,8,10-11,13-14H2,1-3H3/t19-,20-,21-,24-/m0/s1. The molecule has 5 rings (SSSR count). The lowest BCUT2D eigenvalue weighted by molar-refractivity contribution is -0.143. The third-order valence-electron chi connectivity index (χ3n) is 7.16. The van der Waals surface area contributed by atoms with Crippen LogP contribution in [0.4, 0.5) is 0 Å².